The van der Waals surface area contributed by atoms with E-state index in [2.05, 4.69) is 15.6 Å². The van der Waals surface area contributed by atoms with Crippen LogP contribution in [0.3, 0.4) is 0 Å². The molecule has 0 radical (unpaired) electrons. The van der Waals surface area contributed by atoms with Gasteiger partial charge >= 0.3 is 0 Å². The largest absolute Gasteiger partial charge is 0.497 e. The van der Waals surface area contributed by atoms with Crippen LogP contribution >= 0.6 is 0 Å². The molecule has 1 aromatic heterocycles. The average molecular weight is 392 g/mol. The Morgan fingerprint density at radius 3 is 2.24 bits per heavy atom. The second-order valence-electron chi connectivity index (χ2n) is 9.33. The number of hydrogen-bond donors (Lipinski definition) is 2. The summed E-state index contributed by atoms with van der Waals surface area (Å²) in [7, 11) is 1.64. The first kappa shape index (κ1) is 18.5. The van der Waals surface area contributed by atoms with E-state index in [4.69, 9.17) is 4.74 Å². The maximum Gasteiger partial charge on any atom is 0.228 e. The molecule has 4 saturated carbocycles. The van der Waals surface area contributed by atoms with E-state index in [1.807, 2.05) is 36.4 Å². The number of amides is 1. The summed E-state index contributed by atoms with van der Waals surface area (Å²) in [6.45, 7) is 0. The van der Waals surface area contributed by atoms with Crippen molar-refractivity contribution in [1.29, 1.82) is 0 Å². The van der Waals surface area contributed by atoms with Crippen molar-refractivity contribution < 1.29 is 9.53 Å². The summed E-state index contributed by atoms with van der Waals surface area (Å²) >= 11 is 0. The van der Waals surface area contributed by atoms with Crippen molar-refractivity contribution in [3.8, 4) is 5.75 Å². The van der Waals surface area contributed by atoms with Gasteiger partial charge in [-0.15, -0.1) is 0 Å². The van der Waals surface area contributed by atoms with E-state index in [9.17, 15) is 4.79 Å². The average Bonchev–Trinajstić information content (AvgIpc) is 2.69. The normalized spacial score (nSPS) is 29.5. The van der Waals surface area contributed by atoms with Gasteiger partial charge in [0.2, 0.25) is 5.91 Å². The second-order valence-corrected chi connectivity index (χ2v) is 9.33. The van der Waals surface area contributed by atoms with Gasteiger partial charge < -0.3 is 15.4 Å². The predicted molar refractivity (Wildman–Crippen MR) is 114 cm³/mol. The summed E-state index contributed by atoms with van der Waals surface area (Å²) in [6, 6.07) is 11.5. The number of anilines is 2. The Kier molecular flexibility index (Phi) is 4.69. The number of nitrogens with one attached hydrogen (secondary N) is 2. The number of ether oxygens (including phenoxy) is 1. The molecule has 152 valence electrons. The molecule has 5 heteroatoms. The monoisotopic (exact) mass is 391 g/mol. The molecule has 1 aromatic carbocycles. The van der Waals surface area contributed by atoms with Crippen molar-refractivity contribution in [3.63, 3.8) is 0 Å². The molecule has 1 heterocycles. The third-order valence-corrected chi connectivity index (χ3v) is 7.00. The number of carbonyl (C=O) groups is 1. The summed E-state index contributed by atoms with van der Waals surface area (Å²) in [4.78, 5) is 16.9. The van der Waals surface area contributed by atoms with E-state index in [1.54, 1.807) is 13.3 Å². The molecule has 1 amide bonds. The Labute approximate surface area is 172 Å². The smallest absolute Gasteiger partial charge is 0.228 e. The van der Waals surface area contributed by atoms with Crippen molar-refractivity contribution in [2.45, 2.75) is 50.5 Å². The molecule has 0 saturated heterocycles. The lowest BCUT2D eigenvalue weighted by atomic mass is 9.53. The van der Waals surface area contributed by atoms with Crippen LogP contribution in [-0.2, 0) is 11.2 Å². The Hall–Kier alpha value is -2.56. The maximum absolute atomic E-state index is 12.3. The third-order valence-electron chi connectivity index (χ3n) is 7.00. The molecule has 0 atom stereocenters. The van der Waals surface area contributed by atoms with E-state index >= 15 is 0 Å². The molecule has 4 fully saturated rings. The lowest BCUT2D eigenvalue weighted by Crippen LogP contribution is -2.54. The number of benzene rings is 1. The highest BCUT2D eigenvalue weighted by Crippen LogP contribution is 2.56. The molecule has 4 aliphatic rings. The van der Waals surface area contributed by atoms with Crippen molar-refractivity contribution >= 4 is 17.4 Å². The Morgan fingerprint density at radius 1 is 1.03 bits per heavy atom. The van der Waals surface area contributed by atoms with E-state index in [0.29, 0.717) is 6.42 Å². The standard InChI is InChI=1S/C24H29N3O2/c1-29-21-5-2-16(3-6-21)11-23(28)26-20-4-7-22(25-15-20)27-24-12-17-8-18(13-24)10-19(9-17)14-24/h2-7,15,17-19H,8-14H2,1H3,(H,25,27)(H,26,28). The molecular weight excluding hydrogens is 362 g/mol. The van der Waals surface area contributed by atoms with E-state index in [0.717, 1.165) is 40.6 Å². The van der Waals surface area contributed by atoms with Crippen LogP contribution in [0.4, 0.5) is 11.5 Å². The van der Waals surface area contributed by atoms with Gasteiger partial charge in [0.05, 0.1) is 25.4 Å². The van der Waals surface area contributed by atoms with Crippen LogP contribution in [0.5, 0.6) is 5.75 Å². The minimum Gasteiger partial charge on any atom is -0.497 e. The van der Waals surface area contributed by atoms with Gasteiger partial charge in [-0.25, -0.2) is 4.98 Å². The minimum absolute atomic E-state index is 0.0428. The van der Waals surface area contributed by atoms with Gasteiger partial charge in [-0.05, 0) is 86.1 Å². The lowest BCUT2D eigenvalue weighted by Gasteiger charge is -2.57. The Morgan fingerprint density at radius 2 is 1.69 bits per heavy atom. The summed E-state index contributed by atoms with van der Waals surface area (Å²) in [6.07, 6.45) is 10.3. The van der Waals surface area contributed by atoms with Crippen molar-refractivity contribution in [2.75, 3.05) is 17.7 Å². The SMILES string of the molecule is COc1ccc(CC(=O)Nc2ccc(NC34CC5CC(CC(C5)C3)C4)nc2)cc1. The van der Waals surface area contributed by atoms with Gasteiger partial charge in [0.1, 0.15) is 11.6 Å². The molecule has 5 nitrogen and oxygen atoms in total. The lowest BCUT2D eigenvalue weighted by molar-refractivity contribution is -0.115. The van der Waals surface area contributed by atoms with Crippen LogP contribution in [0.2, 0.25) is 0 Å². The molecule has 2 N–H and O–H groups in total. The highest BCUT2D eigenvalue weighted by atomic mass is 16.5. The number of nitrogens with zero attached hydrogens (tertiary/aromatic N) is 1. The van der Waals surface area contributed by atoms with Crippen LogP contribution in [0, 0.1) is 17.8 Å². The molecule has 0 spiro atoms. The summed E-state index contributed by atoms with van der Waals surface area (Å²) in [5, 5.41) is 6.73. The number of carbonyl (C=O) groups excluding carboxylic acids is 1. The number of aromatic nitrogens is 1. The summed E-state index contributed by atoms with van der Waals surface area (Å²) < 4.78 is 5.15. The van der Waals surface area contributed by atoms with Gasteiger partial charge in [0.15, 0.2) is 0 Å². The zero-order valence-electron chi connectivity index (χ0n) is 17.0. The van der Waals surface area contributed by atoms with Gasteiger partial charge in [0.25, 0.3) is 0 Å². The molecule has 6 rings (SSSR count). The van der Waals surface area contributed by atoms with Crippen LogP contribution < -0.4 is 15.4 Å². The second kappa shape index (κ2) is 7.36. The summed E-state index contributed by atoms with van der Waals surface area (Å²) in [5.74, 6) is 4.40. The number of methoxy groups -OCH3 is 1. The first-order valence-corrected chi connectivity index (χ1v) is 10.8. The first-order valence-electron chi connectivity index (χ1n) is 10.8. The molecule has 0 aliphatic heterocycles. The molecule has 4 aliphatic carbocycles. The number of hydrogen-bond acceptors (Lipinski definition) is 4. The van der Waals surface area contributed by atoms with Crippen molar-refractivity contribution in [3.05, 3.63) is 48.2 Å². The van der Waals surface area contributed by atoms with Gasteiger partial charge in [-0.2, -0.15) is 0 Å². The van der Waals surface area contributed by atoms with Gasteiger partial charge in [-0.1, -0.05) is 12.1 Å². The molecule has 29 heavy (non-hydrogen) atoms. The highest BCUT2D eigenvalue weighted by Gasteiger charge is 2.51. The highest BCUT2D eigenvalue weighted by molar-refractivity contribution is 5.92. The third kappa shape index (κ3) is 3.96. The maximum atomic E-state index is 12.3. The van der Waals surface area contributed by atoms with Crippen LogP contribution in [-0.4, -0.2) is 23.5 Å². The van der Waals surface area contributed by atoms with Crippen molar-refractivity contribution in [2.24, 2.45) is 17.8 Å². The van der Waals surface area contributed by atoms with Crippen LogP contribution in [0.1, 0.15) is 44.1 Å². The van der Waals surface area contributed by atoms with Crippen LogP contribution in [0.15, 0.2) is 42.6 Å². The predicted octanol–water partition coefficient (Wildman–Crippen LogP) is 4.65. The fraction of sp³-hybridized carbons (Fsp3) is 0.500. The molecule has 0 unspecified atom stereocenters. The molecule has 4 bridgehead atoms. The van der Waals surface area contributed by atoms with Crippen molar-refractivity contribution in [1.82, 2.24) is 4.98 Å². The number of rotatable bonds is 6. The fourth-order valence-corrected chi connectivity index (χ4v) is 6.21. The zero-order chi connectivity index (χ0) is 19.8. The van der Waals surface area contributed by atoms with E-state index < -0.39 is 0 Å². The van der Waals surface area contributed by atoms with E-state index in [1.165, 1.54) is 38.5 Å². The topological polar surface area (TPSA) is 63.2 Å². The zero-order valence-corrected chi connectivity index (χ0v) is 17.0. The minimum atomic E-state index is -0.0428. The Balaban J connectivity index is 1.19. The van der Waals surface area contributed by atoms with Gasteiger partial charge in [0, 0.05) is 5.54 Å². The summed E-state index contributed by atoms with van der Waals surface area (Å²) in [5.41, 5.74) is 1.94. The van der Waals surface area contributed by atoms with Crippen LogP contribution in [0.25, 0.3) is 0 Å². The molecular formula is C24H29N3O2. The fourth-order valence-electron chi connectivity index (χ4n) is 6.21. The Bertz CT molecular complexity index is 841. The molecule has 2 aromatic rings. The quantitative estimate of drug-likeness (QED) is 0.752. The number of pyridine rings is 1. The first-order chi connectivity index (χ1) is 14.1. The van der Waals surface area contributed by atoms with Gasteiger partial charge in [-0.3, -0.25) is 4.79 Å². The van der Waals surface area contributed by atoms with E-state index in [-0.39, 0.29) is 11.4 Å².